The van der Waals surface area contributed by atoms with Crippen molar-refractivity contribution in [3.63, 3.8) is 0 Å². The first kappa shape index (κ1) is 19.7. The molecule has 0 saturated heterocycles. The van der Waals surface area contributed by atoms with Crippen molar-refractivity contribution in [2.75, 3.05) is 29.8 Å². The van der Waals surface area contributed by atoms with Gasteiger partial charge in [-0.05, 0) is 48.9 Å². The minimum absolute atomic E-state index is 0.253. The van der Waals surface area contributed by atoms with Crippen LogP contribution in [0.25, 0.3) is 0 Å². The third kappa shape index (κ3) is 4.80. The third-order valence-electron chi connectivity index (χ3n) is 4.18. The van der Waals surface area contributed by atoms with Gasteiger partial charge in [0.05, 0.1) is 10.6 Å². The number of nitrogens with zero attached hydrogens (tertiary/aromatic N) is 2. The average Bonchev–Trinajstić information content (AvgIpc) is 2.71. The maximum atomic E-state index is 12.8. The first-order chi connectivity index (χ1) is 13.5. The van der Waals surface area contributed by atoms with E-state index in [2.05, 4.69) is 10.3 Å². The number of benzene rings is 2. The molecular weight excluding hydrogens is 374 g/mol. The van der Waals surface area contributed by atoms with E-state index >= 15 is 0 Å². The minimum atomic E-state index is -3.63. The summed E-state index contributed by atoms with van der Waals surface area (Å²) in [6, 6.07) is 17.6. The summed E-state index contributed by atoms with van der Waals surface area (Å²) in [6.45, 7) is 2.97. The lowest BCUT2D eigenvalue weighted by molar-refractivity contribution is 0.333. The molecule has 28 heavy (non-hydrogen) atoms. The Hall–Kier alpha value is -3.06. The lowest BCUT2D eigenvalue weighted by Gasteiger charge is -2.21. The second-order valence-corrected chi connectivity index (χ2v) is 8.27. The fourth-order valence-electron chi connectivity index (χ4n) is 2.72. The molecule has 0 radical (unpaired) electrons. The minimum Gasteiger partial charge on any atom is -0.492 e. The van der Waals surface area contributed by atoms with Crippen LogP contribution in [0.5, 0.6) is 5.75 Å². The number of sulfonamides is 1. The van der Waals surface area contributed by atoms with Crippen molar-refractivity contribution in [2.24, 2.45) is 0 Å². The quantitative estimate of drug-likeness (QED) is 0.587. The molecule has 0 saturated carbocycles. The first-order valence-electron chi connectivity index (χ1n) is 8.89. The number of hydrogen-bond acceptors (Lipinski definition) is 5. The highest BCUT2D eigenvalue weighted by atomic mass is 32.2. The van der Waals surface area contributed by atoms with Gasteiger partial charge in [-0.15, -0.1) is 0 Å². The summed E-state index contributed by atoms with van der Waals surface area (Å²) in [5.74, 6) is 0.627. The third-order valence-corrected chi connectivity index (χ3v) is 5.98. The zero-order chi connectivity index (χ0) is 20.0. The van der Waals surface area contributed by atoms with Gasteiger partial charge in [-0.1, -0.05) is 18.2 Å². The molecule has 0 unspecified atom stereocenters. The number of nitrogens with one attached hydrogen (secondary N) is 1. The van der Waals surface area contributed by atoms with Gasteiger partial charge in [-0.25, -0.2) is 8.42 Å². The highest BCUT2D eigenvalue weighted by molar-refractivity contribution is 7.92. The zero-order valence-electron chi connectivity index (χ0n) is 15.9. The molecule has 7 heteroatoms. The van der Waals surface area contributed by atoms with E-state index < -0.39 is 10.0 Å². The van der Waals surface area contributed by atoms with E-state index in [1.165, 1.54) is 4.31 Å². The molecule has 1 aromatic heterocycles. The molecule has 1 N–H and O–H groups in total. The molecule has 0 aliphatic heterocycles. The monoisotopic (exact) mass is 397 g/mol. The molecule has 3 aromatic rings. The Morgan fingerprint density at radius 1 is 1.04 bits per heavy atom. The molecule has 2 aromatic carbocycles. The van der Waals surface area contributed by atoms with Crippen LogP contribution in [0.2, 0.25) is 0 Å². The summed E-state index contributed by atoms with van der Waals surface area (Å²) < 4.78 is 32.8. The van der Waals surface area contributed by atoms with E-state index in [9.17, 15) is 8.42 Å². The number of aromatic nitrogens is 1. The van der Waals surface area contributed by atoms with Crippen LogP contribution in [-0.2, 0) is 10.0 Å². The van der Waals surface area contributed by atoms with Crippen LogP contribution in [0.1, 0.15) is 5.56 Å². The van der Waals surface area contributed by atoms with Crippen molar-refractivity contribution in [1.29, 1.82) is 0 Å². The summed E-state index contributed by atoms with van der Waals surface area (Å²) in [5, 5.41) is 3.24. The Balaban J connectivity index is 1.69. The Morgan fingerprint density at radius 2 is 1.75 bits per heavy atom. The van der Waals surface area contributed by atoms with Crippen molar-refractivity contribution >= 4 is 21.4 Å². The van der Waals surface area contributed by atoms with Gasteiger partial charge in [0.15, 0.2) is 0 Å². The molecule has 3 rings (SSSR count). The number of anilines is 2. The highest BCUT2D eigenvalue weighted by Gasteiger charge is 2.21. The molecular formula is C21H23N3O3S. The second kappa shape index (κ2) is 8.75. The molecule has 146 valence electrons. The van der Waals surface area contributed by atoms with Crippen LogP contribution in [-0.4, -0.2) is 33.6 Å². The molecule has 0 atom stereocenters. The molecule has 0 amide bonds. The second-order valence-electron chi connectivity index (χ2n) is 6.30. The summed E-state index contributed by atoms with van der Waals surface area (Å²) in [7, 11) is -2.08. The van der Waals surface area contributed by atoms with Crippen molar-refractivity contribution < 1.29 is 13.2 Å². The van der Waals surface area contributed by atoms with Crippen LogP contribution in [0.4, 0.5) is 11.4 Å². The van der Waals surface area contributed by atoms with Gasteiger partial charge in [0.1, 0.15) is 12.4 Å². The van der Waals surface area contributed by atoms with Crippen LogP contribution < -0.4 is 14.4 Å². The first-order valence-corrected chi connectivity index (χ1v) is 10.3. The summed E-state index contributed by atoms with van der Waals surface area (Å²) >= 11 is 0. The summed E-state index contributed by atoms with van der Waals surface area (Å²) in [4.78, 5) is 4.23. The maximum Gasteiger partial charge on any atom is 0.264 e. The highest BCUT2D eigenvalue weighted by Crippen LogP contribution is 2.27. The largest absolute Gasteiger partial charge is 0.492 e. The molecule has 1 heterocycles. The van der Waals surface area contributed by atoms with Gasteiger partial charge < -0.3 is 10.1 Å². The predicted molar refractivity (Wildman–Crippen MR) is 111 cm³/mol. The predicted octanol–water partition coefficient (Wildman–Crippen LogP) is 3.71. The van der Waals surface area contributed by atoms with Crippen LogP contribution in [0.15, 0.2) is 78.0 Å². The van der Waals surface area contributed by atoms with Crippen LogP contribution in [0.3, 0.4) is 0 Å². The van der Waals surface area contributed by atoms with E-state index in [4.69, 9.17) is 4.74 Å². The Kier molecular flexibility index (Phi) is 6.16. The standard InChI is InChI=1S/C21H23N3O3S/c1-17-14-19(24(2)28(25,26)21-6-4-3-5-7-21)16-20(15-17)27-13-12-23-18-8-10-22-11-9-18/h3-11,14-16H,12-13H2,1-2H3,(H,22,23). The van der Waals surface area contributed by atoms with Gasteiger partial charge in [0, 0.05) is 37.7 Å². The van der Waals surface area contributed by atoms with Crippen LogP contribution >= 0.6 is 0 Å². The smallest absolute Gasteiger partial charge is 0.264 e. The van der Waals surface area contributed by atoms with Crippen LogP contribution in [0, 0.1) is 6.92 Å². The maximum absolute atomic E-state index is 12.8. The number of ether oxygens (including phenoxy) is 1. The number of pyridine rings is 1. The lowest BCUT2D eigenvalue weighted by Crippen LogP contribution is -2.26. The fraction of sp³-hybridized carbons (Fsp3) is 0.190. The van der Waals surface area contributed by atoms with Crippen molar-refractivity contribution in [2.45, 2.75) is 11.8 Å². The number of rotatable bonds is 8. The number of hydrogen-bond donors (Lipinski definition) is 1. The van der Waals surface area contributed by atoms with Gasteiger partial charge in [0.2, 0.25) is 0 Å². The van der Waals surface area contributed by atoms with E-state index in [1.807, 2.05) is 31.2 Å². The SMILES string of the molecule is Cc1cc(OCCNc2ccncc2)cc(N(C)S(=O)(=O)c2ccccc2)c1. The van der Waals surface area contributed by atoms with E-state index in [0.717, 1.165) is 11.3 Å². The summed E-state index contributed by atoms with van der Waals surface area (Å²) in [6.07, 6.45) is 3.44. The number of aryl methyl sites for hydroxylation is 1. The van der Waals surface area contributed by atoms with Crippen molar-refractivity contribution in [1.82, 2.24) is 4.98 Å². The summed E-state index contributed by atoms with van der Waals surface area (Å²) in [5.41, 5.74) is 2.45. The van der Waals surface area contributed by atoms with E-state index in [-0.39, 0.29) is 4.90 Å². The Bertz CT molecular complexity index is 1010. The van der Waals surface area contributed by atoms with Gasteiger partial charge in [-0.3, -0.25) is 9.29 Å². The zero-order valence-corrected chi connectivity index (χ0v) is 16.7. The van der Waals surface area contributed by atoms with Crippen molar-refractivity contribution in [3.8, 4) is 5.75 Å². The van der Waals surface area contributed by atoms with Gasteiger partial charge >= 0.3 is 0 Å². The molecule has 6 nitrogen and oxygen atoms in total. The van der Waals surface area contributed by atoms with E-state index in [1.54, 1.807) is 55.8 Å². The lowest BCUT2D eigenvalue weighted by atomic mass is 10.2. The topological polar surface area (TPSA) is 71.5 Å². The fourth-order valence-corrected chi connectivity index (χ4v) is 3.92. The van der Waals surface area contributed by atoms with Gasteiger partial charge in [0.25, 0.3) is 10.0 Å². The van der Waals surface area contributed by atoms with Gasteiger partial charge in [-0.2, -0.15) is 0 Å². The molecule has 0 fully saturated rings. The molecule has 0 aliphatic carbocycles. The molecule has 0 spiro atoms. The Morgan fingerprint density at radius 3 is 2.46 bits per heavy atom. The average molecular weight is 398 g/mol. The Labute approximate surface area is 165 Å². The molecule has 0 aliphatic rings. The normalized spacial score (nSPS) is 11.1. The van der Waals surface area contributed by atoms with E-state index in [0.29, 0.717) is 24.6 Å². The van der Waals surface area contributed by atoms with Crippen molar-refractivity contribution in [3.05, 3.63) is 78.6 Å². The molecule has 0 bridgehead atoms.